The van der Waals surface area contributed by atoms with Gasteiger partial charge >= 0.3 is 0 Å². The number of aryl methyl sites for hydroxylation is 1. The molecule has 1 fully saturated rings. The predicted molar refractivity (Wildman–Crippen MR) is 150 cm³/mol. The molecule has 6 nitrogen and oxygen atoms in total. The molecule has 1 atom stereocenters. The van der Waals surface area contributed by atoms with E-state index in [1.807, 2.05) is 25.1 Å². The summed E-state index contributed by atoms with van der Waals surface area (Å²) >= 11 is 0. The summed E-state index contributed by atoms with van der Waals surface area (Å²) in [6, 6.07) is 13.9. The molecule has 2 N–H and O–H groups in total. The van der Waals surface area contributed by atoms with Crippen molar-refractivity contribution >= 4 is 17.3 Å². The number of carbonyl (C=O) groups excluding carboxylic acids is 2. The van der Waals surface area contributed by atoms with Crippen molar-refractivity contribution < 1.29 is 18.4 Å². The maximum absolute atomic E-state index is 15.5. The number of rotatable bonds is 6. The zero-order chi connectivity index (χ0) is 28.0. The Bertz CT molecular complexity index is 1720. The molecule has 2 amide bonds. The molecule has 1 saturated carbocycles. The highest BCUT2D eigenvalue weighted by molar-refractivity contribution is 6.07. The Morgan fingerprint density at radius 1 is 0.975 bits per heavy atom. The van der Waals surface area contributed by atoms with Crippen molar-refractivity contribution in [2.24, 2.45) is 5.92 Å². The van der Waals surface area contributed by atoms with E-state index in [1.54, 1.807) is 18.2 Å². The minimum absolute atomic E-state index is 0.169. The summed E-state index contributed by atoms with van der Waals surface area (Å²) in [5.74, 6) is -1.45. The first kappa shape index (κ1) is 25.7. The first-order valence-corrected chi connectivity index (χ1v) is 13.3. The van der Waals surface area contributed by atoms with Crippen molar-refractivity contribution in [3.05, 3.63) is 107 Å². The molecule has 2 aliphatic carbocycles. The number of nitrogens with zero attached hydrogens (tertiary/aromatic N) is 2. The van der Waals surface area contributed by atoms with Gasteiger partial charge in [-0.15, -0.1) is 0 Å². The maximum atomic E-state index is 15.5. The second kappa shape index (κ2) is 9.86. The molecule has 2 aromatic carbocycles. The summed E-state index contributed by atoms with van der Waals surface area (Å²) in [5.41, 5.74) is 3.44. The maximum Gasteiger partial charge on any atom is 0.255 e. The fourth-order valence-electron chi connectivity index (χ4n) is 5.51. The molecular formula is C32H28F2N4O2. The summed E-state index contributed by atoms with van der Waals surface area (Å²) in [4.78, 5) is 26.3. The topological polar surface area (TPSA) is 75.5 Å². The monoisotopic (exact) mass is 538 g/mol. The van der Waals surface area contributed by atoms with Crippen LogP contribution in [0.4, 0.5) is 8.78 Å². The number of fused-ring (bicyclic) bond motifs is 1. The Hall–Kier alpha value is -4.59. The largest absolute Gasteiger partial charge is 0.355 e. The molecule has 2 aromatic heterocycles. The Labute approximate surface area is 230 Å². The Morgan fingerprint density at radius 2 is 1.75 bits per heavy atom. The Balaban J connectivity index is 1.40. The van der Waals surface area contributed by atoms with Crippen LogP contribution >= 0.6 is 0 Å². The average molecular weight is 539 g/mol. The fraction of sp³-hybridized carbons (Fsp3) is 0.219. The van der Waals surface area contributed by atoms with Crippen molar-refractivity contribution in [1.29, 1.82) is 0 Å². The number of nitrogens with one attached hydrogen (secondary N) is 2. The van der Waals surface area contributed by atoms with E-state index in [2.05, 4.69) is 27.9 Å². The van der Waals surface area contributed by atoms with Crippen LogP contribution in [0.5, 0.6) is 0 Å². The van der Waals surface area contributed by atoms with Crippen LogP contribution in [0, 0.1) is 24.6 Å². The normalized spacial score (nSPS) is 17.1. The van der Waals surface area contributed by atoms with Crippen LogP contribution in [0.15, 0.2) is 78.9 Å². The SMILES string of the molecule is CNC(=O)c1c(-c2ccc(F)cc2)nn2c(F)cc(-c3cc(C(=O)NC4(C5C=CC=CC5)CC4)ccc3C)cc12. The van der Waals surface area contributed by atoms with Gasteiger partial charge in [0.1, 0.15) is 11.5 Å². The van der Waals surface area contributed by atoms with Crippen molar-refractivity contribution in [3.63, 3.8) is 0 Å². The number of hydrogen-bond donors (Lipinski definition) is 2. The van der Waals surface area contributed by atoms with E-state index in [1.165, 1.54) is 37.4 Å². The molecular weight excluding hydrogens is 510 g/mol. The van der Waals surface area contributed by atoms with Gasteiger partial charge in [0, 0.05) is 35.7 Å². The minimum atomic E-state index is -0.672. The molecule has 2 aliphatic rings. The van der Waals surface area contributed by atoms with Crippen LogP contribution in [0.1, 0.15) is 45.5 Å². The van der Waals surface area contributed by atoms with Gasteiger partial charge in [0.25, 0.3) is 11.8 Å². The molecule has 1 unspecified atom stereocenters. The number of halogens is 2. The van der Waals surface area contributed by atoms with Crippen molar-refractivity contribution in [2.45, 2.75) is 31.7 Å². The van der Waals surface area contributed by atoms with Crippen molar-refractivity contribution in [2.75, 3.05) is 7.05 Å². The molecule has 4 aromatic rings. The fourth-order valence-corrected chi connectivity index (χ4v) is 5.51. The van der Waals surface area contributed by atoms with Gasteiger partial charge in [-0.25, -0.2) is 8.91 Å². The van der Waals surface area contributed by atoms with E-state index in [0.29, 0.717) is 22.3 Å². The molecule has 0 spiro atoms. The first-order valence-electron chi connectivity index (χ1n) is 13.3. The first-order chi connectivity index (χ1) is 19.3. The average Bonchev–Trinajstić information content (AvgIpc) is 3.64. The van der Waals surface area contributed by atoms with E-state index in [0.717, 1.165) is 29.3 Å². The van der Waals surface area contributed by atoms with Gasteiger partial charge in [0.15, 0.2) is 0 Å². The lowest BCUT2D eigenvalue weighted by molar-refractivity contribution is 0.0918. The third-order valence-electron chi connectivity index (χ3n) is 7.91. The summed E-state index contributed by atoms with van der Waals surface area (Å²) in [7, 11) is 1.48. The van der Waals surface area contributed by atoms with Crippen molar-refractivity contribution in [3.8, 4) is 22.4 Å². The number of benzene rings is 2. The van der Waals surface area contributed by atoms with Gasteiger partial charge in [-0.3, -0.25) is 9.59 Å². The highest BCUT2D eigenvalue weighted by Gasteiger charge is 2.49. The van der Waals surface area contributed by atoms with Crippen molar-refractivity contribution in [1.82, 2.24) is 20.2 Å². The van der Waals surface area contributed by atoms with E-state index < -0.39 is 17.7 Å². The quantitative estimate of drug-likeness (QED) is 0.295. The van der Waals surface area contributed by atoms with Gasteiger partial charge in [-0.1, -0.05) is 30.4 Å². The third-order valence-corrected chi connectivity index (χ3v) is 7.91. The number of pyridine rings is 1. The molecule has 0 aliphatic heterocycles. The van der Waals surface area contributed by atoms with E-state index in [4.69, 9.17) is 0 Å². The minimum Gasteiger partial charge on any atom is -0.355 e. The van der Waals surface area contributed by atoms with Crippen LogP contribution in [-0.4, -0.2) is 34.0 Å². The molecule has 202 valence electrons. The molecule has 2 heterocycles. The second-order valence-corrected chi connectivity index (χ2v) is 10.5. The van der Waals surface area contributed by atoms with Gasteiger partial charge < -0.3 is 10.6 Å². The lowest BCUT2D eigenvalue weighted by Crippen LogP contribution is -2.42. The van der Waals surface area contributed by atoms with Crippen LogP contribution in [0.25, 0.3) is 27.9 Å². The Morgan fingerprint density at radius 3 is 2.42 bits per heavy atom. The second-order valence-electron chi connectivity index (χ2n) is 10.5. The summed E-state index contributed by atoms with van der Waals surface area (Å²) < 4.78 is 30.1. The number of amides is 2. The molecule has 0 radical (unpaired) electrons. The van der Waals surface area contributed by atoms with E-state index >= 15 is 4.39 Å². The number of hydrogen-bond acceptors (Lipinski definition) is 3. The number of carbonyl (C=O) groups is 2. The predicted octanol–water partition coefficient (Wildman–Crippen LogP) is 6.01. The van der Waals surface area contributed by atoms with Gasteiger partial charge in [0.2, 0.25) is 5.95 Å². The highest BCUT2D eigenvalue weighted by atomic mass is 19.1. The number of aromatic nitrogens is 2. The van der Waals surface area contributed by atoms with Crippen LogP contribution < -0.4 is 10.6 Å². The number of allylic oxidation sites excluding steroid dienone is 3. The molecule has 6 rings (SSSR count). The highest BCUT2D eigenvalue weighted by Crippen LogP contribution is 2.45. The van der Waals surface area contributed by atoms with Crippen LogP contribution in [-0.2, 0) is 0 Å². The molecule has 0 bridgehead atoms. The standard InChI is InChI=1S/C32H28F2N4O2/c1-19-8-9-21(30(39)36-32(14-15-32)23-6-4-3-5-7-23)16-25(19)22-17-26-28(31(40)35-2)29(37-38(26)27(34)18-22)20-10-12-24(33)13-11-20/h3-6,8-13,16-18,23H,7,14-15H2,1-2H3,(H,35,40)(H,36,39). The van der Waals surface area contributed by atoms with E-state index in [-0.39, 0.29) is 34.1 Å². The lowest BCUT2D eigenvalue weighted by atomic mass is 9.90. The zero-order valence-electron chi connectivity index (χ0n) is 22.2. The summed E-state index contributed by atoms with van der Waals surface area (Å²) in [6.45, 7) is 1.89. The molecule has 0 saturated heterocycles. The summed E-state index contributed by atoms with van der Waals surface area (Å²) in [5, 5.41) is 10.2. The Kier molecular flexibility index (Phi) is 6.33. The smallest absolute Gasteiger partial charge is 0.255 e. The zero-order valence-corrected chi connectivity index (χ0v) is 22.2. The molecule has 40 heavy (non-hydrogen) atoms. The van der Waals surface area contributed by atoms with E-state index in [9.17, 15) is 14.0 Å². The van der Waals surface area contributed by atoms with Crippen LogP contribution in [0.3, 0.4) is 0 Å². The lowest BCUT2D eigenvalue weighted by Gasteiger charge is -2.26. The third kappa shape index (κ3) is 4.49. The summed E-state index contributed by atoms with van der Waals surface area (Å²) in [6.07, 6.45) is 11.1. The van der Waals surface area contributed by atoms with Gasteiger partial charge in [-0.05, 0) is 85.3 Å². The molecule has 8 heteroatoms. The van der Waals surface area contributed by atoms with Gasteiger partial charge in [0.05, 0.1) is 11.1 Å². The van der Waals surface area contributed by atoms with Gasteiger partial charge in [-0.2, -0.15) is 9.49 Å². The van der Waals surface area contributed by atoms with Crippen LogP contribution in [0.2, 0.25) is 0 Å².